The zero-order chi connectivity index (χ0) is 22.2. The summed E-state index contributed by atoms with van der Waals surface area (Å²) in [6, 6.07) is 16.0. The normalized spacial score (nSPS) is 21.5. The Hall–Kier alpha value is -3.13. The molecule has 0 aliphatic carbocycles. The second-order valence-corrected chi connectivity index (χ2v) is 8.62. The van der Waals surface area contributed by atoms with Crippen LogP contribution >= 0.6 is 0 Å². The van der Waals surface area contributed by atoms with E-state index in [9.17, 15) is 4.21 Å². The first-order chi connectivity index (χ1) is 15.7. The SMILES string of the molecule is CCCN(CCCC1(C2=NS(=O)N=C2NCc2ccccc2)C=CC=N1)c1ccccn1. The van der Waals surface area contributed by atoms with Crippen LogP contribution in [0.1, 0.15) is 31.7 Å². The van der Waals surface area contributed by atoms with Crippen LogP contribution < -0.4 is 10.2 Å². The summed E-state index contributed by atoms with van der Waals surface area (Å²) >= 11 is -1.62. The first-order valence-corrected chi connectivity index (χ1v) is 12.0. The zero-order valence-corrected chi connectivity index (χ0v) is 19.0. The van der Waals surface area contributed by atoms with Crippen LogP contribution in [0.2, 0.25) is 0 Å². The summed E-state index contributed by atoms with van der Waals surface area (Å²) in [6.45, 7) is 4.56. The molecule has 1 aromatic heterocycles. The molecular weight excluding hydrogens is 420 g/mol. The molecule has 0 bridgehead atoms. The molecular formula is C24H28N6OS. The van der Waals surface area contributed by atoms with Gasteiger partial charge in [0.1, 0.15) is 17.1 Å². The van der Waals surface area contributed by atoms with Crippen molar-refractivity contribution in [1.82, 2.24) is 10.3 Å². The number of hydrogen-bond donors (Lipinski definition) is 1. The number of nitrogens with one attached hydrogen (secondary N) is 1. The Morgan fingerprint density at radius 1 is 1.06 bits per heavy atom. The van der Waals surface area contributed by atoms with Crippen molar-refractivity contribution >= 4 is 34.8 Å². The van der Waals surface area contributed by atoms with Gasteiger partial charge in [0.2, 0.25) is 0 Å². The Labute approximate surface area is 191 Å². The molecule has 4 rings (SSSR count). The first kappa shape index (κ1) is 22.1. The molecule has 0 radical (unpaired) electrons. The minimum absolute atomic E-state index is 0.561. The van der Waals surface area contributed by atoms with Gasteiger partial charge in [0.15, 0.2) is 5.84 Å². The molecule has 7 nitrogen and oxygen atoms in total. The number of hydrogen-bond acceptors (Lipinski definition) is 5. The van der Waals surface area contributed by atoms with Crippen molar-refractivity contribution in [1.29, 1.82) is 0 Å². The maximum Gasteiger partial charge on any atom is 0.268 e. The van der Waals surface area contributed by atoms with Crippen molar-refractivity contribution in [2.45, 2.75) is 38.3 Å². The lowest BCUT2D eigenvalue weighted by Gasteiger charge is -2.28. The number of rotatable bonds is 10. The highest BCUT2D eigenvalue weighted by atomic mass is 32.2. The van der Waals surface area contributed by atoms with Gasteiger partial charge in [-0.3, -0.25) is 4.99 Å². The summed E-state index contributed by atoms with van der Waals surface area (Å²) in [6.07, 6.45) is 10.3. The Kier molecular flexibility index (Phi) is 7.21. The lowest BCUT2D eigenvalue weighted by molar-refractivity contribution is 0.588. The summed E-state index contributed by atoms with van der Waals surface area (Å²) in [7, 11) is 0. The van der Waals surface area contributed by atoms with E-state index in [2.05, 4.69) is 30.9 Å². The quantitative estimate of drug-likeness (QED) is 0.601. The Bertz CT molecular complexity index is 1040. The molecule has 2 aliphatic rings. The van der Waals surface area contributed by atoms with E-state index in [1.807, 2.05) is 66.9 Å². The van der Waals surface area contributed by atoms with Gasteiger partial charge in [-0.25, -0.2) is 9.19 Å². The first-order valence-electron chi connectivity index (χ1n) is 11.0. The number of aliphatic imine (C=N–C) groups is 1. The van der Waals surface area contributed by atoms with Gasteiger partial charge in [-0.2, -0.15) is 4.40 Å². The number of pyridine rings is 1. The van der Waals surface area contributed by atoms with Gasteiger partial charge in [-0.1, -0.05) is 43.3 Å². The molecule has 2 aliphatic heterocycles. The predicted octanol–water partition coefficient (Wildman–Crippen LogP) is 3.68. The van der Waals surface area contributed by atoms with E-state index in [0.29, 0.717) is 18.1 Å². The van der Waals surface area contributed by atoms with Gasteiger partial charge in [0.05, 0.1) is 0 Å². The number of allylic oxidation sites excluding steroid dienone is 1. The van der Waals surface area contributed by atoms with E-state index in [1.165, 1.54) is 0 Å². The topological polar surface area (TPSA) is 82.3 Å². The minimum Gasteiger partial charge on any atom is -0.364 e. The number of benzene rings is 1. The third-order valence-electron chi connectivity index (χ3n) is 5.49. The fourth-order valence-corrected chi connectivity index (χ4v) is 4.71. The Balaban J connectivity index is 1.45. The van der Waals surface area contributed by atoms with Crippen LogP contribution in [0, 0.1) is 0 Å². The fourth-order valence-electron chi connectivity index (χ4n) is 3.96. The summed E-state index contributed by atoms with van der Waals surface area (Å²) in [4.78, 5) is 11.6. The van der Waals surface area contributed by atoms with Crippen LogP contribution in [0.25, 0.3) is 0 Å². The number of anilines is 1. The van der Waals surface area contributed by atoms with Crippen LogP contribution in [-0.2, 0) is 17.7 Å². The third-order valence-corrected chi connectivity index (χ3v) is 6.17. The van der Waals surface area contributed by atoms with Gasteiger partial charge in [0.25, 0.3) is 11.2 Å². The summed E-state index contributed by atoms with van der Waals surface area (Å²) < 4.78 is 20.8. The van der Waals surface area contributed by atoms with Crippen LogP contribution in [-0.4, -0.2) is 45.6 Å². The average Bonchev–Trinajstić information content (AvgIpc) is 3.46. The van der Waals surface area contributed by atoms with Gasteiger partial charge in [-0.15, -0.1) is 4.40 Å². The molecule has 2 unspecified atom stereocenters. The molecule has 32 heavy (non-hydrogen) atoms. The van der Waals surface area contributed by atoms with Crippen molar-refractivity contribution in [2.75, 3.05) is 18.0 Å². The lowest BCUT2D eigenvalue weighted by atomic mass is 9.88. The highest BCUT2D eigenvalue weighted by Gasteiger charge is 2.40. The summed E-state index contributed by atoms with van der Waals surface area (Å²) in [5.41, 5.74) is 1.13. The summed E-state index contributed by atoms with van der Waals surface area (Å²) in [5, 5.41) is 3.32. The molecule has 0 saturated carbocycles. The third kappa shape index (κ3) is 5.19. The Morgan fingerprint density at radius 2 is 1.91 bits per heavy atom. The molecule has 0 amide bonds. The number of nitrogens with zero attached hydrogens (tertiary/aromatic N) is 5. The lowest BCUT2D eigenvalue weighted by Crippen LogP contribution is -2.44. The predicted molar refractivity (Wildman–Crippen MR) is 133 cm³/mol. The highest BCUT2D eigenvalue weighted by Crippen LogP contribution is 2.29. The second-order valence-electron chi connectivity index (χ2n) is 7.79. The van der Waals surface area contributed by atoms with Gasteiger partial charge in [0, 0.05) is 32.0 Å². The standard InChI is InChI=1S/C24H28N6OS/c1-2-17-30(21-12-6-7-15-25-21)18-9-14-24(13-8-16-27-24)22-23(29-32(31)28-22)26-19-20-10-4-3-5-11-20/h3-8,10-13,15-16H,2,9,14,17-19H2,1H3,(H,26,29). The molecule has 0 saturated heterocycles. The Morgan fingerprint density at radius 3 is 2.62 bits per heavy atom. The van der Waals surface area contributed by atoms with Crippen molar-refractivity contribution < 1.29 is 4.21 Å². The molecule has 0 spiro atoms. The van der Waals surface area contributed by atoms with E-state index in [4.69, 9.17) is 4.99 Å². The fraction of sp³-hybridized carbons (Fsp3) is 0.333. The van der Waals surface area contributed by atoms with Gasteiger partial charge in [-0.05, 0) is 49.1 Å². The molecule has 1 aromatic carbocycles. The second kappa shape index (κ2) is 10.5. The van der Waals surface area contributed by atoms with Crippen molar-refractivity contribution in [2.24, 2.45) is 13.8 Å². The van der Waals surface area contributed by atoms with Crippen LogP contribution in [0.3, 0.4) is 0 Å². The molecule has 0 fully saturated rings. The van der Waals surface area contributed by atoms with E-state index < -0.39 is 16.7 Å². The number of amidine groups is 1. The van der Waals surface area contributed by atoms with Crippen molar-refractivity contribution in [3.63, 3.8) is 0 Å². The molecule has 2 atom stereocenters. The largest absolute Gasteiger partial charge is 0.364 e. The van der Waals surface area contributed by atoms with Crippen LogP contribution in [0.4, 0.5) is 5.82 Å². The van der Waals surface area contributed by atoms with Crippen molar-refractivity contribution in [3.8, 4) is 0 Å². The molecule has 8 heteroatoms. The summed E-state index contributed by atoms with van der Waals surface area (Å²) in [5.74, 6) is 1.55. The van der Waals surface area contributed by atoms with Gasteiger partial charge >= 0.3 is 0 Å². The van der Waals surface area contributed by atoms with Gasteiger partial charge < -0.3 is 10.2 Å². The molecule has 2 aromatic rings. The average molecular weight is 449 g/mol. The van der Waals surface area contributed by atoms with Crippen molar-refractivity contribution in [3.05, 3.63) is 72.4 Å². The smallest absolute Gasteiger partial charge is 0.268 e. The highest BCUT2D eigenvalue weighted by molar-refractivity contribution is 7.83. The van der Waals surface area contributed by atoms with E-state index in [-0.39, 0.29) is 0 Å². The van der Waals surface area contributed by atoms with Crippen LogP contribution in [0.5, 0.6) is 0 Å². The molecule has 1 N–H and O–H groups in total. The maximum atomic E-state index is 12.2. The maximum absolute atomic E-state index is 12.2. The minimum atomic E-state index is -1.62. The van der Waals surface area contributed by atoms with E-state index >= 15 is 0 Å². The molecule has 3 heterocycles. The van der Waals surface area contributed by atoms with E-state index in [0.717, 1.165) is 43.7 Å². The molecule has 166 valence electrons. The monoisotopic (exact) mass is 448 g/mol. The number of aromatic nitrogens is 1. The van der Waals surface area contributed by atoms with Crippen LogP contribution in [0.15, 0.2) is 80.7 Å². The van der Waals surface area contributed by atoms with E-state index in [1.54, 1.807) is 6.21 Å². The zero-order valence-electron chi connectivity index (χ0n) is 18.2.